The van der Waals surface area contributed by atoms with E-state index >= 15 is 0 Å². The van der Waals surface area contributed by atoms with Gasteiger partial charge in [-0.3, -0.25) is 9.36 Å². The molecule has 2 aromatic heterocycles. The molecule has 1 amide bonds. The molecule has 0 bridgehead atoms. The lowest BCUT2D eigenvalue weighted by molar-refractivity contribution is 0.0916. The van der Waals surface area contributed by atoms with Crippen molar-refractivity contribution >= 4 is 28.3 Å². The van der Waals surface area contributed by atoms with Gasteiger partial charge >= 0.3 is 5.69 Å². The second-order valence-electron chi connectivity index (χ2n) is 5.00. The fourth-order valence-corrected chi connectivity index (χ4v) is 2.96. The molecule has 114 valence electrons. The number of aromatic amines is 1. The molecule has 6 nitrogen and oxygen atoms in total. The van der Waals surface area contributed by atoms with Crippen LogP contribution in [0.1, 0.15) is 22.0 Å². The highest BCUT2D eigenvalue weighted by molar-refractivity contribution is 7.07. The summed E-state index contributed by atoms with van der Waals surface area (Å²) >= 11 is 1.49. The van der Waals surface area contributed by atoms with Crippen LogP contribution in [0.5, 0.6) is 0 Å². The van der Waals surface area contributed by atoms with E-state index in [2.05, 4.69) is 10.3 Å². The van der Waals surface area contributed by atoms with Crippen LogP contribution in [-0.4, -0.2) is 27.1 Å². The molecule has 1 aromatic carbocycles. The molecule has 1 unspecified atom stereocenters. The highest BCUT2D eigenvalue weighted by atomic mass is 32.1. The van der Waals surface area contributed by atoms with Gasteiger partial charge in [-0.05, 0) is 40.6 Å². The molecule has 7 heteroatoms. The Morgan fingerprint density at radius 3 is 3.00 bits per heavy atom. The topological polar surface area (TPSA) is 87.1 Å². The van der Waals surface area contributed by atoms with Gasteiger partial charge in [0.1, 0.15) is 0 Å². The standard InChI is InChI=1S/C15H15N3O3S/c1-18-12-3-2-9(6-11(12)17-15(18)21)14(20)16-7-13(19)10-4-5-22-8-10/h2-6,8,13,19H,7H2,1H3,(H,16,20)(H,17,21). The van der Waals surface area contributed by atoms with Gasteiger partial charge in [-0.1, -0.05) is 0 Å². The lowest BCUT2D eigenvalue weighted by atomic mass is 10.1. The lowest BCUT2D eigenvalue weighted by Crippen LogP contribution is -2.28. The van der Waals surface area contributed by atoms with Crippen LogP contribution in [0.2, 0.25) is 0 Å². The molecule has 0 saturated carbocycles. The Bertz CT molecular complexity index is 864. The van der Waals surface area contributed by atoms with Crippen LogP contribution in [0, 0.1) is 0 Å². The quantitative estimate of drug-likeness (QED) is 0.679. The number of nitrogens with zero attached hydrogens (tertiary/aromatic N) is 1. The van der Waals surface area contributed by atoms with Gasteiger partial charge in [0.15, 0.2) is 0 Å². The molecule has 0 spiro atoms. The molecule has 3 rings (SSSR count). The van der Waals surface area contributed by atoms with Gasteiger partial charge in [0.2, 0.25) is 0 Å². The lowest BCUT2D eigenvalue weighted by Gasteiger charge is -2.10. The van der Waals surface area contributed by atoms with Crippen molar-refractivity contribution in [3.05, 3.63) is 56.6 Å². The number of imidazole rings is 1. The molecule has 0 saturated heterocycles. The average Bonchev–Trinajstić information content (AvgIpc) is 3.14. The van der Waals surface area contributed by atoms with Gasteiger partial charge in [0.25, 0.3) is 5.91 Å². The van der Waals surface area contributed by atoms with Crippen molar-refractivity contribution in [2.24, 2.45) is 7.05 Å². The number of aromatic nitrogens is 2. The van der Waals surface area contributed by atoms with Crippen LogP contribution in [0.25, 0.3) is 11.0 Å². The number of rotatable bonds is 4. The number of fused-ring (bicyclic) bond motifs is 1. The molecule has 0 radical (unpaired) electrons. The summed E-state index contributed by atoms with van der Waals surface area (Å²) in [6.07, 6.45) is -0.726. The van der Waals surface area contributed by atoms with Crippen LogP contribution >= 0.6 is 11.3 Å². The second kappa shape index (κ2) is 5.78. The Labute approximate surface area is 130 Å². The second-order valence-corrected chi connectivity index (χ2v) is 5.78. The van der Waals surface area contributed by atoms with Gasteiger partial charge in [0.05, 0.1) is 17.1 Å². The van der Waals surface area contributed by atoms with Gasteiger partial charge in [-0.15, -0.1) is 0 Å². The SMILES string of the molecule is Cn1c(=O)[nH]c2cc(C(=O)NCC(O)c3ccsc3)ccc21. The maximum absolute atomic E-state index is 12.1. The van der Waals surface area contributed by atoms with E-state index in [0.717, 1.165) is 11.1 Å². The summed E-state index contributed by atoms with van der Waals surface area (Å²) in [5.41, 5.74) is 2.35. The molecule has 0 fully saturated rings. The summed E-state index contributed by atoms with van der Waals surface area (Å²) in [5, 5.41) is 16.4. The minimum Gasteiger partial charge on any atom is -0.387 e. The molecule has 1 atom stereocenters. The number of aliphatic hydroxyl groups is 1. The number of aliphatic hydroxyl groups excluding tert-OH is 1. The van der Waals surface area contributed by atoms with Crippen LogP contribution < -0.4 is 11.0 Å². The minimum atomic E-state index is -0.726. The summed E-state index contributed by atoms with van der Waals surface area (Å²) in [6.45, 7) is 0.138. The Balaban J connectivity index is 1.73. The average molecular weight is 317 g/mol. The van der Waals surface area contributed by atoms with Crippen molar-refractivity contribution in [2.75, 3.05) is 6.54 Å². The first-order valence-electron chi connectivity index (χ1n) is 6.73. The Morgan fingerprint density at radius 1 is 1.45 bits per heavy atom. The molecule has 0 aliphatic rings. The largest absolute Gasteiger partial charge is 0.387 e. The van der Waals surface area contributed by atoms with E-state index in [0.29, 0.717) is 11.1 Å². The van der Waals surface area contributed by atoms with Gasteiger partial charge in [0, 0.05) is 19.2 Å². The number of aryl methyl sites for hydroxylation is 1. The zero-order valence-electron chi connectivity index (χ0n) is 11.9. The first kappa shape index (κ1) is 14.6. The van der Waals surface area contributed by atoms with E-state index in [4.69, 9.17) is 0 Å². The smallest absolute Gasteiger partial charge is 0.326 e. The zero-order chi connectivity index (χ0) is 15.7. The first-order chi connectivity index (χ1) is 10.6. The third-order valence-corrected chi connectivity index (χ3v) is 4.25. The summed E-state index contributed by atoms with van der Waals surface area (Å²) in [7, 11) is 1.66. The minimum absolute atomic E-state index is 0.138. The van der Waals surface area contributed by atoms with E-state index < -0.39 is 6.10 Å². The molecular weight excluding hydrogens is 302 g/mol. The van der Waals surface area contributed by atoms with Gasteiger partial charge < -0.3 is 15.4 Å². The van der Waals surface area contributed by atoms with Crippen molar-refractivity contribution in [1.29, 1.82) is 0 Å². The van der Waals surface area contributed by atoms with Gasteiger partial charge in [-0.2, -0.15) is 11.3 Å². The molecule has 0 aliphatic heterocycles. The predicted molar refractivity (Wildman–Crippen MR) is 85.2 cm³/mol. The molecule has 3 aromatic rings. The normalized spacial score (nSPS) is 12.5. The van der Waals surface area contributed by atoms with E-state index in [-0.39, 0.29) is 18.1 Å². The van der Waals surface area contributed by atoms with E-state index in [9.17, 15) is 14.7 Å². The zero-order valence-corrected chi connectivity index (χ0v) is 12.7. The van der Waals surface area contributed by atoms with Crippen LogP contribution in [0.15, 0.2) is 39.8 Å². The number of nitrogens with one attached hydrogen (secondary N) is 2. The fraction of sp³-hybridized carbons (Fsp3) is 0.200. The number of hydrogen-bond acceptors (Lipinski definition) is 4. The first-order valence-corrected chi connectivity index (χ1v) is 7.67. The van der Waals surface area contributed by atoms with Crippen LogP contribution in [-0.2, 0) is 7.05 Å². The maximum atomic E-state index is 12.1. The predicted octanol–water partition coefficient (Wildman–Crippen LogP) is 1.39. The Hall–Kier alpha value is -2.38. The number of H-pyrrole nitrogens is 1. The number of benzene rings is 1. The van der Waals surface area contributed by atoms with Crippen LogP contribution in [0.4, 0.5) is 0 Å². The monoisotopic (exact) mass is 317 g/mol. The third-order valence-electron chi connectivity index (χ3n) is 3.55. The van der Waals surface area contributed by atoms with E-state index in [1.54, 1.807) is 25.2 Å². The molecule has 2 heterocycles. The third kappa shape index (κ3) is 2.68. The number of hydrogen-bond donors (Lipinski definition) is 3. The van der Waals surface area contributed by atoms with E-state index in [1.165, 1.54) is 15.9 Å². The highest BCUT2D eigenvalue weighted by Gasteiger charge is 2.12. The Morgan fingerprint density at radius 2 is 2.27 bits per heavy atom. The van der Waals surface area contributed by atoms with Crippen molar-refractivity contribution in [1.82, 2.24) is 14.9 Å². The van der Waals surface area contributed by atoms with Crippen LogP contribution in [0.3, 0.4) is 0 Å². The summed E-state index contributed by atoms with van der Waals surface area (Å²) in [5.74, 6) is -0.291. The maximum Gasteiger partial charge on any atom is 0.326 e. The van der Waals surface area contributed by atoms with Crippen molar-refractivity contribution in [3.63, 3.8) is 0 Å². The molecule has 22 heavy (non-hydrogen) atoms. The number of carbonyl (C=O) groups excluding carboxylic acids is 1. The van der Waals surface area contributed by atoms with E-state index in [1.807, 2.05) is 16.8 Å². The Kier molecular flexibility index (Phi) is 3.82. The fourth-order valence-electron chi connectivity index (χ4n) is 2.25. The molecular formula is C15H15N3O3S. The summed E-state index contributed by atoms with van der Waals surface area (Å²) in [4.78, 5) is 26.4. The van der Waals surface area contributed by atoms with Crippen molar-refractivity contribution in [2.45, 2.75) is 6.10 Å². The molecule has 3 N–H and O–H groups in total. The van der Waals surface area contributed by atoms with Crippen molar-refractivity contribution in [3.8, 4) is 0 Å². The summed E-state index contributed by atoms with van der Waals surface area (Å²) < 4.78 is 1.48. The summed E-state index contributed by atoms with van der Waals surface area (Å²) in [6, 6.07) is 6.82. The number of thiophene rings is 1. The number of carbonyl (C=O) groups is 1. The number of amides is 1. The van der Waals surface area contributed by atoms with Crippen molar-refractivity contribution < 1.29 is 9.90 Å². The highest BCUT2D eigenvalue weighted by Crippen LogP contribution is 2.16. The molecule has 0 aliphatic carbocycles. The van der Waals surface area contributed by atoms with Gasteiger partial charge in [-0.25, -0.2) is 4.79 Å².